The monoisotopic (exact) mass is 1000 g/mol. The van der Waals surface area contributed by atoms with Gasteiger partial charge in [0.2, 0.25) is 0 Å². The van der Waals surface area contributed by atoms with E-state index < -0.39 is 0 Å². The number of nitrogens with zero attached hydrogens (tertiary/aromatic N) is 12. The van der Waals surface area contributed by atoms with Gasteiger partial charge in [0.15, 0.2) is 5.82 Å². The van der Waals surface area contributed by atoms with Gasteiger partial charge in [-0.25, -0.2) is 4.68 Å². The summed E-state index contributed by atoms with van der Waals surface area (Å²) in [5, 5.41) is 22.3. The van der Waals surface area contributed by atoms with Gasteiger partial charge in [-0.2, -0.15) is 0 Å². The Morgan fingerprint density at radius 2 is 1.10 bits per heavy atom. The zero-order valence-electron chi connectivity index (χ0n) is 38.0. The second-order valence-corrected chi connectivity index (χ2v) is 18.8. The van der Waals surface area contributed by atoms with Crippen molar-refractivity contribution >= 4 is 79.7 Å². The maximum Gasteiger partial charge on any atom is 0.158 e. The molecule has 0 radical (unpaired) electrons. The number of hydrogen-bond donors (Lipinski definition) is 0. The Hall–Kier alpha value is -6.00. The van der Waals surface area contributed by atoms with Crippen molar-refractivity contribution in [2.75, 3.05) is 62.2 Å². The fourth-order valence-electron chi connectivity index (χ4n) is 9.34. The molecule has 0 amide bonds. The third-order valence-corrected chi connectivity index (χ3v) is 13.8. The molecular weight excluding hydrogens is 954 g/mol. The van der Waals surface area contributed by atoms with E-state index in [4.69, 9.17) is 55.2 Å². The van der Waals surface area contributed by atoms with E-state index in [-0.39, 0.29) is 12.1 Å². The van der Waals surface area contributed by atoms with Crippen LogP contribution in [0, 0.1) is 0 Å². The first-order chi connectivity index (χ1) is 33.8. The third-order valence-electron chi connectivity index (χ3n) is 12.7. The van der Waals surface area contributed by atoms with Crippen molar-refractivity contribution in [3.8, 4) is 0 Å². The molecule has 0 aliphatic carbocycles. The van der Waals surface area contributed by atoms with Gasteiger partial charge in [0, 0.05) is 94.5 Å². The Morgan fingerprint density at radius 3 is 1.64 bits per heavy atom. The van der Waals surface area contributed by atoms with Gasteiger partial charge in [-0.05, 0) is 36.2 Å². The molecule has 8 heterocycles. The predicted octanol–water partition coefficient (Wildman–Crippen LogP) is 11.1. The summed E-state index contributed by atoms with van der Waals surface area (Å²) >= 11 is 25.7. The maximum absolute atomic E-state index is 6.43. The molecule has 11 rings (SSSR count). The van der Waals surface area contributed by atoms with Crippen molar-refractivity contribution in [3.05, 3.63) is 177 Å². The van der Waals surface area contributed by atoms with Crippen molar-refractivity contribution in [2.24, 2.45) is 0 Å². The largest absolute Gasteiger partial charge is 0.459 e. The SMILES string of the molecule is CCCCn1cnnc1C(c1cc2ccccc2o1)N1CCN(c2c(Cl)cncc2Cl)CC1.Clc1cncc(Cl)c1N1CCN(C(c2cn(Cc3ccccc3)nn2)c2cc3ccccc3o2)CC1. The zero-order chi connectivity index (χ0) is 47.3. The second-order valence-electron chi connectivity index (χ2n) is 17.2. The number of piperazine rings is 2. The van der Waals surface area contributed by atoms with E-state index in [1.807, 2.05) is 71.8 Å². The van der Waals surface area contributed by atoms with E-state index in [9.17, 15) is 0 Å². The number of halogens is 4. The first kappa shape index (κ1) is 46.7. The van der Waals surface area contributed by atoms with Crippen LogP contribution >= 0.6 is 46.4 Å². The van der Waals surface area contributed by atoms with Gasteiger partial charge in [-0.3, -0.25) is 19.8 Å². The molecular formula is C51H50Cl4N12O2. The summed E-state index contributed by atoms with van der Waals surface area (Å²) in [6.07, 6.45) is 12.6. The van der Waals surface area contributed by atoms with Crippen LogP contribution in [0.3, 0.4) is 0 Å². The maximum atomic E-state index is 6.43. The van der Waals surface area contributed by atoms with Crippen LogP contribution in [0.1, 0.15) is 60.5 Å². The molecule has 0 spiro atoms. The Kier molecular flexibility index (Phi) is 14.4. The summed E-state index contributed by atoms with van der Waals surface area (Å²) in [5.74, 6) is 2.66. The van der Waals surface area contributed by atoms with Crippen molar-refractivity contribution in [1.29, 1.82) is 0 Å². The van der Waals surface area contributed by atoms with Crippen LogP contribution in [0.5, 0.6) is 0 Å². The van der Waals surface area contributed by atoms with E-state index in [1.165, 1.54) is 5.56 Å². The van der Waals surface area contributed by atoms with E-state index in [1.54, 1.807) is 24.8 Å². The van der Waals surface area contributed by atoms with Crippen molar-refractivity contribution < 1.29 is 8.83 Å². The summed E-state index contributed by atoms with van der Waals surface area (Å²) in [5.41, 5.74) is 5.46. The van der Waals surface area contributed by atoms with Crippen LogP contribution in [0.15, 0.2) is 137 Å². The van der Waals surface area contributed by atoms with Crippen LogP contribution in [0.25, 0.3) is 21.9 Å². The number of fused-ring (bicyclic) bond motifs is 2. The summed E-state index contributed by atoms with van der Waals surface area (Å²) in [7, 11) is 0. The van der Waals surface area contributed by atoms with Gasteiger partial charge in [0.1, 0.15) is 46.8 Å². The highest BCUT2D eigenvalue weighted by Crippen LogP contribution is 2.39. The molecule has 9 aromatic rings. The third kappa shape index (κ3) is 10.3. The van der Waals surface area contributed by atoms with Crippen LogP contribution in [0.4, 0.5) is 11.4 Å². The molecule has 3 aromatic carbocycles. The number of anilines is 2. The average molecular weight is 1000 g/mol. The molecule has 2 aliphatic heterocycles. The number of rotatable bonds is 13. The molecule has 2 unspecified atom stereocenters. The van der Waals surface area contributed by atoms with Gasteiger partial charge in [0.25, 0.3) is 0 Å². The molecule has 69 heavy (non-hydrogen) atoms. The van der Waals surface area contributed by atoms with E-state index >= 15 is 0 Å². The highest BCUT2D eigenvalue weighted by Gasteiger charge is 2.35. The number of hydrogen-bond acceptors (Lipinski definition) is 12. The molecule has 2 fully saturated rings. The number of aromatic nitrogens is 8. The highest BCUT2D eigenvalue weighted by molar-refractivity contribution is 6.39. The molecule has 18 heteroatoms. The fourth-order valence-corrected chi connectivity index (χ4v) is 10.5. The standard InChI is InChI=1S/C27H24Cl2N6O.C24H26Cl2N6O/c28-21-15-30-16-22(29)26(21)33-10-12-34(13-11-33)27(25-14-20-8-4-5-9-24(20)36-25)23-18-35(32-31-23)17-19-6-2-1-3-7-19;1-2-3-8-32-16-28-29-24(32)23(21-13-17-6-4-5-7-20(17)33-21)31-11-9-30(10-12-31)22-18(25)14-27-15-19(22)26/h1-9,14-16,18,27H,10-13,17H2;4-7,13-16,23H,2-3,8-12H2,1H3. The molecule has 0 N–H and O–H groups in total. The van der Waals surface area contributed by atoms with Crippen LogP contribution in [-0.4, -0.2) is 102 Å². The lowest BCUT2D eigenvalue weighted by Gasteiger charge is -2.39. The molecule has 14 nitrogen and oxygen atoms in total. The van der Waals surface area contributed by atoms with Gasteiger partial charge in [0.05, 0.1) is 44.2 Å². The Balaban J connectivity index is 0.000000161. The topological polar surface area (TPSA) is 126 Å². The summed E-state index contributed by atoms with van der Waals surface area (Å²) < 4.78 is 16.7. The van der Waals surface area contributed by atoms with Gasteiger partial charge in [-0.1, -0.05) is 132 Å². The number of aryl methyl sites for hydroxylation is 1. The summed E-state index contributed by atoms with van der Waals surface area (Å²) in [4.78, 5) is 17.4. The Labute approximate surface area is 420 Å². The molecule has 6 aromatic heterocycles. The average Bonchev–Trinajstić information content (AvgIpc) is 4.20. The normalized spacial score (nSPS) is 15.7. The number of unbranched alkanes of at least 4 members (excludes halogenated alkanes) is 1. The molecule has 2 aliphatic rings. The smallest absolute Gasteiger partial charge is 0.158 e. The molecule has 0 saturated carbocycles. The minimum absolute atomic E-state index is 0.123. The lowest BCUT2D eigenvalue weighted by Crippen LogP contribution is -2.48. The van der Waals surface area contributed by atoms with Crippen LogP contribution in [-0.2, 0) is 13.1 Å². The van der Waals surface area contributed by atoms with E-state index in [0.717, 1.165) is 128 Å². The lowest BCUT2D eigenvalue weighted by atomic mass is 10.1. The van der Waals surface area contributed by atoms with Crippen LogP contribution in [0.2, 0.25) is 20.1 Å². The Morgan fingerprint density at radius 1 is 0.594 bits per heavy atom. The fraction of sp³-hybridized carbons (Fsp3) is 0.294. The molecule has 0 bridgehead atoms. The van der Waals surface area contributed by atoms with Gasteiger partial charge in [-0.15, -0.1) is 15.3 Å². The zero-order valence-corrected chi connectivity index (χ0v) is 41.0. The number of benzene rings is 3. The van der Waals surface area contributed by atoms with Crippen molar-refractivity contribution in [1.82, 2.24) is 49.5 Å². The number of furan rings is 2. The molecule has 2 saturated heterocycles. The van der Waals surface area contributed by atoms with Crippen molar-refractivity contribution in [2.45, 2.75) is 44.9 Å². The van der Waals surface area contributed by atoms with E-state index in [0.29, 0.717) is 26.6 Å². The van der Waals surface area contributed by atoms with Crippen molar-refractivity contribution in [3.63, 3.8) is 0 Å². The quantitative estimate of drug-likeness (QED) is 0.109. The van der Waals surface area contributed by atoms with Crippen LogP contribution < -0.4 is 9.80 Å². The number of para-hydroxylation sites is 2. The second kappa shape index (κ2) is 21.3. The highest BCUT2D eigenvalue weighted by atomic mass is 35.5. The lowest BCUT2D eigenvalue weighted by molar-refractivity contribution is 0.183. The summed E-state index contributed by atoms with van der Waals surface area (Å²) in [6.45, 7) is 9.99. The molecule has 354 valence electrons. The number of pyridine rings is 2. The molecule has 2 atom stereocenters. The first-order valence-electron chi connectivity index (χ1n) is 23.2. The minimum Gasteiger partial charge on any atom is -0.459 e. The minimum atomic E-state index is -0.160. The van der Waals surface area contributed by atoms with Gasteiger partial charge >= 0.3 is 0 Å². The first-order valence-corrected chi connectivity index (χ1v) is 24.7. The van der Waals surface area contributed by atoms with E-state index in [2.05, 4.69) is 98.0 Å². The predicted molar refractivity (Wildman–Crippen MR) is 273 cm³/mol. The Bertz CT molecular complexity index is 3020. The summed E-state index contributed by atoms with van der Waals surface area (Å²) in [6, 6.07) is 30.4. The van der Waals surface area contributed by atoms with Gasteiger partial charge < -0.3 is 23.2 Å².